The second kappa shape index (κ2) is 9.49. The smallest absolute Gasteiger partial charge is 0.411 e. The van der Waals surface area contributed by atoms with Crippen molar-refractivity contribution in [1.29, 1.82) is 0 Å². The van der Waals surface area contributed by atoms with Crippen LogP contribution in [0.4, 0.5) is 13.2 Å². The number of halogens is 3. The lowest BCUT2D eigenvalue weighted by Gasteiger charge is -2.37. The van der Waals surface area contributed by atoms with Crippen LogP contribution in [0, 0.1) is 19.8 Å². The van der Waals surface area contributed by atoms with E-state index in [2.05, 4.69) is 0 Å². The molecule has 1 saturated carbocycles. The van der Waals surface area contributed by atoms with E-state index in [0.29, 0.717) is 12.0 Å². The van der Waals surface area contributed by atoms with E-state index in [-0.39, 0.29) is 37.0 Å². The van der Waals surface area contributed by atoms with Gasteiger partial charge in [0, 0.05) is 0 Å². The molecule has 0 saturated heterocycles. The number of carbonyl (C=O) groups is 2. The lowest BCUT2D eigenvalue weighted by atomic mass is 9.80. The van der Waals surface area contributed by atoms with Crippen LogP contribution >= 0.6 is 0 Å². The molecule has 0 amide bonds. The Kier molecular flexibility index (Phi) is 7.27. The molecule has 1 aliphatic carbocycles. The van der Waals surface area contributed by atoms with Crippen molar-refractivity contribution in [2.45, 2.75) is 84.6 Å². The van der Waals surface area contributed by atoms with Gasteiger partial charge in [-0.1, -0.05) is 38.5 Å². The highest BCUT2D eigenvalue weighted by atomic mass is 19.4. The van der Waals surface area contributed by atoms with E-state index in [1.807, 2.05) is 32.9 Å². The molecule has 3 rings (SSSR count). The number of rotatable bonds is 6. The van der Waals surface area contributed by atoms with E-state index in [1.54, 1.807) is 13.8 Å². The third kappa shape index (κ3) is 5.42. The Labute approximate surface area is 192 Å². The second-order valence-corrected chi connectivity index (χ2v) is 9.26. The highest BCUT2D eigenvalue weighted by Gasteiger charge is 2.53. The number of aryl methyl sites for hydroxylation is 3. The Morgan fingerprint density at radius 2 is 1.85 bits per heavy atom. The molecular formula is C25H31F3O5. The number of ether oxygens (including phenoxy) is 3. The first-order valence-corrected chi connectivity index (χ1v) is 11.4. The second-order valence-electron chi connectivity index (χ2n) is 9.26. The summed E-state index contributed by atoms with van der Waals surface area (Å²) in [6, 6.07) is 3.96. The van der Waals surface area contributed by atoms with Gasteiger partial charge in [0.05, 0.1) is 12.0 Å². The van der Waals surface area contributed by atoms with Crippen LogP contribution in [-0.2, 0) is 30.2 Å². The third-order valence-electron chi connectivity index (χ3n) is 6.22. The van der Waals surface area contributed by atoms with Gasteiger partial charge in [-0.05, 0) is 62.6 Å². The van der Waals surface area contributed by atoms with Crippen molar-refractivity contribution in [3.63, 3.8) is 0 Å². The standard InChI is InChI=1S/C25H31F3O5/c1-6-17-12-15(4)11-16(5)19(17)20-21(32-22(29)14(2)3)24(33-23(20)30)9-7-18(8-10-24)31-13-25(26,27)28/h11-12,14,18H,6-10,13H2,1-5H3. The topological polar surface area (TPSA) is 61.8 Å². The Morgan fingerprint density at radius 3 is 2.39 bits per heavy atom. The lowest BCUT2D eigenvalue weighted by Crippen LogP contribution is -2.41. The van der Waals surface area contributed by atoms with Crippen LogP contribution in [0.1, 0.15) is 68.7 Å². The zero-order valence-electron chi connectivity index (χ0n) is 19.7. The van der Waals surface area contributed by atoms with E-state index < -0.39 is 42.3 Å². The number of carbonyl (C=O) groups excluding carboxylic acids is 2. The molecule has 0 aromatic heterocycles. The summed E-state index contributed by atoms with van der Waals surface area (Å²) in [5.74, 6) is -1.30. The van der Waals surface area contributed by atoms with Crippen molar-refractivity contribution < 1.29 is 37.0 Å². The van der Waals surface area contributed by atoms with Gasteiger partial charge in [-0.3, -0.25) is 4.79 Å². The van der Waals surface area contributed by atoms with Crippen LogP contribution in [-0.4, -0.2) is 36.4 Å². The van der Waals surface area contributed by atoms with Gasteiger partial charge in [-0.2, -0.15) is 13.2 Å². The molecule has 0 bridgehead atoms. The summed E-state index contributed by atoms with van der Waals surface area (Å²) < 4.78 is 54.4. The van der Waals surface area contributed by atoms with Crippen LogP contribution in [0.25, 0.3) is 5.57 Å². The summed E-state index contributed by atoms with van der Waals surface area (Å²) in [6.45, 7) is 7.93. The Balaban J connectivity index is 2.02. The van der Waals surface area contributed by atoms with Crippen molar-refractivity contribution in [2.24, 2.45) is 5.92 Å². The van der Waals surface area contributed by atoms with Gasteiger partial charge in [0.1, 0.15) is 12.2 Å². The average Bonchev–Trinajstić information content (AvgIpc) is 2.97. The van der Waals surface area contributed by atoms with E-state index in [4.69, 9.17) is 14.2 Å². The fourth-order valence-electron chi connectivity index (χ4n) is 4.63. The summed E-state index contributed by atoms with van der Waals surface area (Å²) >= 11 is 0. The minimum Gasteiger partial charge on any atom is -0.447 e. The Morgan fingerprint density at radius 1 is 1.21 bits per heavy atom. The minimum atomic E-state index is -4.40. The van der Waals surface area contributed by atoms with Crippen LogP contribution in [0.15, 0.2) is 17.9 Å². The first kappa shape index (κ1) is 25.3. The zero-order chi connectivity index (χ0) is 24.6. The SMILES string of the molecule is CCc1cc(C)cc(C)c1C1=C(OC(=O)C(C)C)C2(CCC(OCC(F)(F)F)CC2)OC1=O. The molecule has 2 aliphatic rings. The van der Waals surface area contributed by atoms with Gasteiger partial charge in [0.25, 0.3) is 0 Å². The van der Waals surface area contributed by atoms with E-state index >= 15 is 0 Å². The number of hydrogen-bond acceptors (Lipinski definition) is 5. The van der Waals surface area contributed by atoms with Gasteiger partial charge in [-0.25, -0.2) is 4.79 Å². The fraction of sp³-hybridized carbons (Fsp3) is 0.600. The molecule has 0 unspecified atom stereocenters. The summed E-state index contributed by atoms with van der Waals surface area (Å²) in [4.78, 5) is 25.8. The molecule has 0 N–H and O–H groups in total. The summed E-state index contributed by atoms with van der Waals surface area (Å²) in [6.07, 6.45) is -3.38. The van der Waals surface area contributed by atoms with Crippen molar-refractivity contribution in [1.82, 2.24) is 0 Å². The summed E-state index contributed by atoms with van der Waals surface area (Å²) in [5.41, 5.74) is 2.63. The van der Waals surface area contributed by atoms with Crippen molar-refractivity contribution in [3.05, 3.63) is 40.1 Å². The molecule has 1 aromatic carbocycles. The first-order valence-electron chi connectivity index (χ1n) is 11.4. The largest absolute Gasteiger partial charge is 0.447 e. The molecule has 0 atom stereocenters. The van der Waals surface area contributed by atoms with E-state index in [0.717, 1.165) is 16.7 Å². The maximum absolute atomic E-state index is 13.2. The predicted molar refractivity (Wildman–Crippen MR) is 116 cm³/mol. The fourth-order valence-corrected chi connectivity index (χ4v) is 4.63. The normalized spacial score (nSPS) is 23.4. The Hall–Kier alpha value is -2.35. The number of alkyl halides is 3. The van der Waals surface area contributed by atoms with Crippen molar-refractivity contribution in [2.75, 3.05) is 6.61 Å². The molecule has 0 radical (unpaired) electrons. The maximum atomic E-state index is 13.2. The van der Waals surface area contributed by atoms with E-state index in [9.17, 15) is 22.8 Å². The Bertz CT molecular complexity index is 954. The lowest BCUT2D eigenvalue weighted by molar-refractivity contribution is -0.193. The highest BCUT2D eigenvalue weighted by Crippen LogP contribution is 2.49. The molecule has 182 valence electrons. The number of benzene rings is 1. The van der Waals surface area contributed by atoms with Crippen LogP contribution in [0.2, 0.25) is 0 Å². The molecule has 1 aromatic rings. The van der Waals surface area contributed by atoms with Gasteiger partial charge in [0.15, 0.2) is 11.4 Å². The van der Waals surface area contributed by atoms with E-state index in [1.165, 1.54) is 0 Å². The maximum Gasteiger partial charge on any atom is 0.411 e. The van der Waals surface area contributed by atoms with Crippen molar-refractivity contribution in [3.8, 4) is 0 Å². The quantitative estimate of drug-likeness (QED) is 0.509. The molecule has 8 heteroatoms. The van der Waals surface area contributed by atoms with Crippen LogP contribution in [0.3, 0.4) is 0 Å². The van der Waals surface area contributed by atoms with Crippen LogP contribution in [0.5, 0.6) is 0 Å². The molecule has 33 heavy (non-hydrogen) atoms. The average molecular weight is 469 g/mol. The first-order chi connectivity index (χ1) is 15.4. The minimum absolute atomic E-state index is 0.183. The summed E-state index contributed by atoms with van der Waals surface area (Å²) in [5, 5.41) is 0. The van der Waals surface area contributed by atoms with Gasteiger partial charge < -0.3 is 14.2 Å². The number of hydrogen-bond donors (Lipinski definition) is 0. The van der Waals surface area contributed by atoms with Crippen LogP contribution < -0.4 is 0 Å². The summed E-state index contributed by atoms with van der Waals surface area (Å²) in [7, 11) is 0. The van der Waals surface area contributed by atoms with Crippen molar-refractivity contribution >= 4 is 17.5 Å². The molecule has 1 heterocycles. The van der Waals surface area contributed by atoms with Gasteiger partial charge in [0.2, 0.25) is 0 Å². The molecule has 1 spiro atoms. The zero-order valence-corrected chi connectivity index (χ0v) is 19.7. The molecule has 1 aliphatic heterocycles. The van der Waals surface area contributed by atoms with Gasteiger partial charge >= 0.3 is 18.1 Å². The third-order valence-corrected chi connectivity index (χ3v) is 6.22. The highest BCUT2D eigenvalue weighted by molar-refractivity contribution is 6.21. The molecular weight excluding hydrogens is 437 g/mol. The van der Waals surface area contributed by atoms with Gasteiger partial charge in [-0.15, -0.1) is 0 Å². The number of esters is 2. The monoisotopic (exact) mass is 468 g/mol. The predicted octanol–water partition coefficient (Wildman–Crippen LogP) is 5.59. The molecule has 1 fully saturated rings. The molecule has 5 nitrogen and oxygen atoms in total.